The number of hydrogen-bond donors (Lipinski definition) is 0. The third kappa shape index (κ3) is 4.45. The molecule has 0 aromatic heterocycles. The summed E-state index contributed by atoms with van der Waals surface area (Å²) in [7, 11) is 0. The van der Waals surface area contributed by atoms with Crippen molar-refractivity contribution >= 4 is 17.5 Å². The number of unbranched alkanes of at least 4 members (excludes halogenated alkanes) is 1. The molecule has 0 aliphatic heterocycles. The van der Waals surface area contributed by atoms with Crippen molar-refractivity contribution in [1.82, 2.24) is 0 Å². The van der Waals surface area contributed by atoms with Gasteiger partial charge >= 0.3 is 0 Å². The Morgan fingerprint density at radius 2 is 2.06 bits per heavy atom. The first kappa shape index (κ1) is 12.7. The minimum atomic E-state index is -0.335. The number of benzene rings is 1. The zero-order valence-electron chi connectivity index (χ0n) is 8.78. The zero-order valence-corrected chi connectivity index (χ0v) is 9.60. The van der Waals surface area contributed by atoms with Crippen LogP contribution in [0.4, 0.5) is 4.39 Å². The van der Waals surface area contributed by atoms with Crippen molar-refractivity contribution in [3.05, 3.63) is 35.6 Å². The predicted molar refractivity (Wildman–Crippen MR) is 62.9 cm³/mol. The van der Waals surface area contributed by atoms with Gasteiger partial charge in [-0.05, 0) is 36.4 Å². The van der Waals surface area contributed by atoms with E-state index in [0.717, 1.165) is 12.2 Å². The molecule has 16 heavy (non-hydrogen) atoms. The summed E-state index contributed by atoms with van der Waals surface area (Å²) >= 11 is 1.51. The third-order valence-electron chi connectivity index (χ3n) is 1.98. The van der Waals surface area contributed by atoms with Crippen LogP contribution in [0.25, 0.3) is 0 Å². The van der Waals surface area contributed by atoms with Gasteiger partial charge in [-0.2, -0.15) is 17.0 Å². The molecular weight excluding hydrogens is 225 g/mol. The second-order valence-electron chi connectivity index (χ2n) is 3.24. The van der Waals surface area contributed by atoms with Gasteiger partial charge in [0.1, 0.15) is 5.82 Å². The van der Waals surface area contributed by atoms with Gasteiger partial charge in [-0.3, -0.25) is 4.79 Å². The molecule has 0 N–H and O–H groups in total. The van der Waals surface area contributed by atoms with Gasteiger partial charge < -0.3 is 0 Å². The van der Waals surface area contributed by atoms with E-state index >= 15 is 0 Å². The van der Waals surface area contributed by atoms with E-state index in [0.29, 0.717) is 17.7 Å². The molecule has 0 bridgehead atoms. The van der Waals surface area contributed by atoms with E-state index in [1.165, 1.54) is 36.0 Å². The summed E-state index contributed by atoms with van der Waals surface area (Å²) in [6.07, 6.45) is 1.33. The van der Waals surface area contributed by atoms with Gasteiger partial charge in [-0.1, -0.05) is 0 Å². The average Bonchev–Trinajstić information content (AvgIpc) is 2.29. The quantitative estimate of drug-likeness (QED) is 0.564. The molecule has 0 radical (unpaired) electrons. The maximum absolute atomic E-state index is 12.6. The van der Waals surface area contributed by atoms with Crippen LogP contribution >= 0.6 is 11.8 Å². The lowest BCUT2D eigenvalue weighted by Crippen LogP contribution is -2.02. The van der Waals surface area contributed by atoms with Crippen LogP contribution in [0, 0.1) is 17.1 Å². The molecule has 0 spiro atoms. The van der Waals surface area contributed by atoms with Gasteiger partial charge in [0.15, 0.2) is 5.78 Å². The zero-order chi connectivity index (χ0) is 11.8. The first-order chi connectivity index (χ1) is 7.74. The van der Waals surface area contributed by atoms with Gasteiger partial charge in [0.25, 0.3) is 0 Å². The van der Waals surface area contributed by atoms with Crippen LogP contribution in [0.15, 0.2) is 24.3 Å². The average molecular weight is 237 g/mol. The van der Waals surface area contributed by atoms with Crippen molar-refractivity contribution in [2.75, 3.05) is 11.5 Å². The Hall–Kier alpha value is -1.34. The standard InChI is InChI=1S/C12H12FNOS/c13-11-5-3-10(4-6-11)12(15)9-16-8-2-1-7-14/h3-6H,1-2,8-9H2. The molecule has 2 nitrogen and oxygen atoms in total. The van der Waals surface area contributed by atoms with E-state index in [9.17, 15) is 9.18 Å². The highest BCUT2D eigenvalue weighted by Gasteiger charge is 2.05. The first-order valence-corrected chi connectivity index (χ1v) is 6.13. The summed E-state index contributed by atoms with van der Waals surface area (Å²) in [5, 5.41) is 8.32. The van der Waals surface area contributed by atoms with Crippen LogP contribution in [0.3, 0.4) is 0 Å². The van der Waals surface area contributed by atoms with E-state index in [4.69, 9.17) is 5.26 Å². The minimum Gasteiger partial charge on any atom is -0.293 e. The predicted octanol–water partition coefficient (Wildman–Crippen LogP) is 3.05. The van der Waals surface area contributed by atoms with Crippen LogP contribution in [0.5, 0.6) is 0 Å². The van der Waals surface area contributed by atoms with Gasteiger partial charge in [0.05, 0.1) is 11.8 Å². The van der Waals surface area contributed by atoms with Crippen LogP contribution in [0.1, 0.15) is 23.2 Å². The molecule has 84 valence electrons. The topological polar surface area (TPSA) is 40.9 Å². The second kappa shape index (κ2) is 7.02. The third-order valence-corrected chi connectivity index (χ3v) is 3.02. The highest BCUT2D eigenvalue weighted by Crippen LogP contribution is 2.10. The number of nitriles is 1. The number of carbonyl (C=O) groups excluding carboxylic acids is 1. The van der Waals surface area contributed by atoms with Crippen molar-refractivity contribution in [1.29, 1.82) is 5.26 Å². The van der Waals surface area contributed by atoms with Gasteiger partial charge in [-0.25, -0.2) is 4.39 Å². The maximum Gasteiger partial charge on any atom is 0.172 e. The largest absolute Gasteiger partial charge is 0.293 e. The van der Waals surface area contributed by atoms with E-state index in [-0.39, 0.29) is 11.6 Å². The Morgan fingerprint density at radius 1 is 1.38 bits per heavy atom. The Kier molecular flexibility index (Phi) is 5.58. The number of rotatable bonds is 6. The van der Waals surface area contributed by atoms with Crippen molar-refractivity contribution < 1.29 is 9.18 Å². The maximum atomic E-state index is 12.6. The molecule has 0 atom stereocenters. The normalized spacial score (nSPS) is 9.75. The Morgan fingerprint density at radius 3 is 2.69 bits per heavy atom. The first-order valence-electron chi connectivity index (χ1n) is 4.97. The second-order valence-corrected chi connectivity index (χ2v) is 4.35. The van der Waals surface area contributed by atoms with Crippen molar-refractivity contribution in [2.24, 2.45) is 0 Å². The molecule has 1 rings (SSSR count). The summed E-state index contributed by atoms with van der Waals surface area (Å²) in [5.41, 5.74) is 0.536. The number of thioether (sulfide) groups is 1. The fourth-order valence-electron chi connectivity index (χ4n) is 1.14. The molecule has 4 heteroatoms. The number of ketones is 1. The van der Waals surface area contributed by atoms with E-state index in [1.807, 2.05) is 0 Å². The molecule has 0 amide bonds. The van der Waals surface area contributed by atoms with Crippen molar-refractivity contribution in [2.45, 2.75) is 12.8 Å². The minimum absolute atomic E-state index is 0.00181. The molecule has 1 aromatic rings. The summed E-state index contributed by atoms with van der Waals surface area (Å²) < 4.78 is 12.6. The molecule has 0 aliphatic carbocycles. The van der Waals surface area contributed by atoms with Crippen molar-refractivity contribution in [3.63, 3.8) is 0 Å². The smallest absolute Gasteiger partial charge is 0.172 e. The van der Waals surface area contributed by atoms with E-state index in [1.54, 1.807) is 0 Å². The fourth-order valence-corrected chi connectivity index (χ4v) is 1.98. The highest BCUT2D eigenvalue weighted by atomic mass is 32.2. The van der Waals surface area contributed by atoms with Gasteiger partial charge in [-0.15, -0.1) is 0 Å². The molecule has 0 heterocycles. The van der Waals surface area contributed by atoms with Gasteiger partial charge in [0, 0.05) is 12.0 Å². The number of halogens is 1. The summed E-state index contributed by atoms with van der Waals surface area (Å²) in [6.45, 7) is 0. The molecule has 1 aromatic carbocycles. The Balaban J connectivity index is 2.30. The number of nitrogens with zero attached hydrogens (tertiary/aromatic N) is 1. The molecule has 0 fully saturated rings. The SMILES string of the molecule is N#CCCCSCC(=O)c1ccc(F)cc1. The summed E-state index contributed by atoms with van der Waals surface area (Å²) in [6, 6.07) is 7.61. The van der Waals surface area contributed by atoms with Gasteiger partial charge in [0.2, 0.25) is 0 Å². The molecule has 0 saturated heterocycles. The lowest BCUT2D eigenvalue weighted by Gasteiger charge is -2.00. The Bertz CT molecular complexity index is 383. The number of Topliss-reactive ketones (excluding diaryl/α,β-unsaturated/α-hetero) is 1. The number of carbonyl (C=O) groups is 1. The monoisotopic (exact) mass is 237 g/mol. The van der Waals surface area contributed by atoms with Crippen LogP contribution in [-0.4, -0.2) is 17.3 Å². The molecule has 0 saturated carbocycles. The van der Waals surface area contributed by atoms with Crippen molar-refractivity contribution in [3.8, 4) is 6.07 Å². The van der Waals surface area contributed by atoms with Crippen LogP contribution < -0.4 is 0 Å². The number of hydrogen-bond acceptors (Lipinski definition) is 3. The summed E-state index contributed by atoms with van der Waals surface area (Å²) in [4.78, 5) is 11.6. The lowest BCUT2D eigenvalue weighted by atomic mass is 10.1. The van der Waals surface area contributed by atoms with E-state index < -0.39 is 0 Å². The lowest BCUT2D eigenvalue weighted by molar-refractivity contribution is 0.102. The van der Waals surface area contributed by atoms with Crippen LogP contribution in [-0.2, 0) is 0 Å². The fraction of sp³-hybridized carbons (Fsp3) is 0.333. The molecular formula is C12H12FNOS. The van der Waals surface area contributed by atoms with Crippen LogP contribution in [0.2, 0.25) is 0 Å². The van der Waals surface area contributed by atoms with E-state index in [2.05, 4.69) is 6.07 Å². The molecule has 0 unspecified atom stereocenters. The Labute approximate surface area is 98.5 Å². The summed E-state index contributed by atoms with van der Waals surface area (Å²) in [5.74, 6) is 0.859. The molecule has 0 aliphatic rings. The highest BCUT2D eigenvalue weighted by molar-refractivity contribution is 7.99.